The van der Waals surface area contributed by atoms with Gasteiger partial charge in [-0.15, -0.1) is 0 Å². The van der Waals surface area contributed by atoms with Crippen molar-refractivity contribution >= 4 is 0 Å². The SMILES string of the molecule is FC(F)(F)Cc1nc[c]cn1. The number of hydrogen-bond acceptors (Lipinski definition) is 2. The molecular weight excluding hydrogens is 157 g/mol. The number of nitrogens with zero attached hydrogens (tertiary/aromatic N) is 2. The van der Waals surface area contributed by atoms with Gasteiger partial charge in [0.1, 0.15) is 12.2 Å². The van der Waals surface area contributed by atoms with Crippen LogP contribution in [0, 0.1) is 6.07 Å². The summed E-state index contributed by atoms with van der Waals surface area (Å²) in [6, 6.07) is 2.43. The lowest BCUT2D eigenvalue weighted by Crippen LogP contribution is -2.13. The molecule has 1 aromatic heterocycles. The summed E-state index contributed by atoms with van der Waals surface area (Å²) in [5.74, 6) is -0.226. The molecule has 0 bridgehead atoms. The molecule has 0 amide bonds. The smallest absolute Gasteiger partial charge is 0.240 e. The molecular formula is C6H4F3N2. The Morgan fingerprint density at radius 3 is 2.27 bits per heavy atom. The molecule has 0 unspecified atom stereocenters. The van der Waals surface area contributed by atoms with Crippen LogP contribution in [-0.4, -0.2) is 16.1 Å². The van der Waals surface area contributed by atoms with Gasteiger partial charge in [0.25, 0.3) is 0 Å². The van der Waals surface area contributed by atoms with Crippen LogP contribution < -0.4 is 0 Å². The molecule has 0 saturated carbocycles. The number of halogens is 3. The molecule has 1 aromatic rings. The number of rotatable bonds is 1. The summed E-state index contributed by atoms with van der Waals surface area (Å²) in [5.41, 5.74) is 0. The van der Waals surface area contributed by atoms with Gasteiger partial charge in [-0.25, -0.2) is 9.97 Å². The third kappa shape index (κ3) is 2.97. The first kappa shape index (κ1) is 7.97. The van der Waals surface area contributed by atoms with E-state index >= 15 is 0 Å². The van der Waals surface area contributed by atoms with Crippen LogP contribution in [-0.2, 0) is 6.42 Å². The molecule has 59 valence electrons. The van der Waals surface area contributed by atoms with E-state index in [-0.39, 0.29) is 5.82 Å². The van der Waals surface area contributed by atoms with E-state index in [1.807, 2.05) is 0 Å². The Morgan fingerprint density at radius 1 is 1.27 bits per heavy atom. The van der Waals surface area contributed by atoms with E-state index in [4.69, 9.17) is 0 Å². The van der Waals surface area contributed by atoms with E-state index in [9.17, 15) is 13.2 Å². The minimum absolute atomic E-state index is 0.226. The molecule has 1 radical (unpaired) electrons. The van der Waals surface area contributed by atoms with Crippen molar-refractivity contribution in [3.8, 4) is 0 Å². The minimum atomic E-state index is -4.23. The summed E-state index contributed by atoms with van der Waals surface area (Å²) in [5, 5.41) is 0. The Labute approximate surface area is 61.1 Å². The first-order valence-corrected chi connectivity index (χ1v) is 2.82. The Morgan fingerprint density at radius 2 is 1.82 bits per heavy atom. The number of hydrogen-bond donors (Lipinski definition) is 0. The van der Waals surface area contributed by atoms with Gasteiger partial charge in [0.05, 0.1) is 0 Å². The van der Waals surface area contributed by atoms with Crippen LogP contribution in [0.15, 0.2) is 12.4 Å². The van der Waals surface area contributed by atoms with Gasteiger partial charge < -0.3 is 0 Å². The summed E-state index contributed by atoms with van der Waals surface area (Å²) < 4.78 is 35.0. The first-order chi connectivity index (χ1) is 5.08. The average Bonchev–Trinajstić information content (AvgIpc) is 1.85. The van der Waals surface area contributed by atoms with E-state index in [0.29, 0.717) is 0 Å². The molecule has 1 heterocycles. The topological polar surface area (TPSA) is 25.8 Å². The molecule has 0 aromatic carbocycles. The largest absolute Gasteiger partial charge is 0.396 e. The summed E-state index contributed by atoms with van der Waals surface area (Å²) in [7, 11) is 0. The standard InChI is InChI=1S/C6H4F3N2/c7-6(8,9)4-5-10-2-1-3-11-5/h2-3H,4H2. The first-order valence-electron chi connectivity index (χ1n) is 2.82. The zero-order chi connectivity index (χ0) is 8.32. The molecule has 1 rings (SSSR count). The van der Waals surface area contributed by atoms with Crippen LogP contribution in [0.2, 0.25) is 0 Å². The Balaban J connectivity index is 2.66. The second-order valence-corrected chi connectivity index (χ2v) is 1.89. The van der Waals surface area contributed by atoms with Crippen LogP contribution in [0.5, 0.6) is 0 Å². The third-order valence-electron chi connectivity index (χ3n) is 0.935. The lowest BCUT2D eigenvalue weighted by atomic mass is 10.4. The molecule has 0 aliphatic carbocycles. The maximum absolute atomic E-state index is 11.7. The molecule has 0 spiro atoms. The normalized spacial score (nSPS) is 11.5. The Hall–Kier alpha value is -1.13. The van der Waals surface area contributed by atoms with E-state index in [1.54, 1.807) is 0 Å². The molecule has 5 heteroatoms. The summed E-state index contributed by atoms with van der Waals surface area (Å²) in [6.45, 7) is 0. The Kier molecular flexibility index (Phi) is 2.07. The number of alkyl halides is 3. The van der Waals surface area contributed by atoms with Crippen molar-refractivity contribution < 1.29 is 13.2 Å². The number of aromatic nitrogens is 2. The predicted molar refractivity (Wildman–Crippen MR) is 30.6 cm³/mol. The highest BCUT2D eigenvalue weighted by atomic mass is 19.4. The molecule has 0 saturated heterocycles. The molecule has 0 atom stereocenters. The summed E-state index contributed by atoms with van der Waals surface area (Å²) >= 11 is 0. The van der Waals surface area contributed by atoms with Gasteiger partial charge >= 0.3 is 6.18 Å². The average molecular weight is 161 g/mol. The van der Waals surface area contributed by atoms with E-state index in [0.717, 1.165) is 12.4 Å². The van der Waals surface area contributed by atoms with Gasteiger partial charge in [0.15, 0.2) is 0 Å². The molecule has 0 fully saturated rings. The summed E-state index contributed by atoms with van der Waals surface area (Å²) in [6.07, 6.45) is -2.99. The lowest BCUT2D eigenvalue weighted by Gasteiger charge is -2.02. The second kappa shape index (κ2) is 2.86. The minimum Gasteiger partial charge on any atom is -0.240 e. The second-order valence-electron chi connectivity index (χ2n) is 1.89. The van der Waals surface area contributed by atoms with Gasteiger partial charge in [0.2, 0.25) is 0 Å². The fourth-order valence-corrected chi connectivity index (χ4v) is 0.561. The van der Waals surface area contributed by atoms with Crippen LogP contribution in [0.25, 0.3) is 0 Å². The third-order valence-corrected chi connectivity index (χ3v) is 0.935. The van der Waals surface area contributed by atoms with Crippen molar-refractivity contribution in [1.82, 2.24) is 9.97 Å². The van der Waals surface area contributed by atoms with Gasteiger partial charge in [-0.2, -0.15) is 13.2 Å². The molecule has 0 aliphatic rings. The molecule has 2 nitrogen and oxygen atoms in total. The van der Waals surface area contributed by atoms with Gasteiger partial charge in [0, 0.05) is 18.5 Å². The van der Waals surface area contributed by atoms with Crippen molar-refractivity contribution in [2.45, 2.75) is 12.6 Å². The predicted octanol–water partition coefficient (Wildman–Crippen LogP) is 1.38. The van der Waals surface area contributed by atoms with Gasteiger partial charge in [-0.3, -0.25) is 0 Å². The zero-order valence-corrected chi connectivity index (χ0v) is 5.39. The van der Waals surface area contributed by atoms with Crippen LogP contribution in [0.3, 0.4) is 0 Å². The fraction of sp³-hybridized carbons (Fsp3) is 0.333. The highest BCUT2D eigenvalue weighted by molar-refractivity contribution is 4.88. The molecule has 0 N–H and O–H groups in total. The lowest BCUT2D eigenvalue weighted by molar-refractivity contribution is -0.128. The molecule has 0 aliphatic heterocycles. The van der Waals surface area contributed by atoms with Gasteiger partial charge in [-0.1, -0.05) is 0 Å². The Bertz CT molecular complexity index is 219. The van der Waals surface area contributed by atoms with E-state index in [2.05, 4.69) is 16.0 Å². The van der Waals surface area contributed by atoms with Crippen molar-refractivity contribution in [3.63, 3.8) is 0 Å². The highest BCUT2D eigenvalue weighted by Gasteiger charge is 2.28. The summed E-state index contributed by atoms with van der Waals surface area (Å²) in [4.78, 5) is 6.75. The van der Waals surface area contributed by atoms with Crippen molar-refractivity contribution in [2.75, 3.05) is 0 Å². The fourth-order valence-electron chi connectivity index (χ4n) is 0.561. The van der Waals surface area contributed by atoms with Crippen LogP contribution >= 0.6 is 0 Å². The monoisotopic (exact) mass is 161 g/mol. The highest BCUT2D eigenvalue weighted by Crippen LogP contribution is 2.18. The quantitative estimate of drug-likeness (QED) is 0.621. The van der Waals surface area contributed by atoms with Crippen molar-refractivity contribution in [2.24, 2.45) is 0 Å². The van der Waals surface area contributed by atoms with Crippen molar-refractivity contribution in [1.29, 1.82) is 0 Å². The van der Waals surface area contributed by atoms with Crippen LogP contribution in [0.4, 0.5) is 13.2 Å². The maximum Gasteiger partial charge on any atom is 0.396 e. The van der Waals surface area contributed by atoms with Gasteiger partial charge in [-0.05, 0) is 0 Å². The van der Waals surface area contributed by atoms with E-state index in [1.165, 1.54) is 0 Å². The van der Waals surface area contributed by atoms with Crippen molar-refractivity contribution in [3.05, 3.63) is 24.3 Å². The zero-order valence-electron chi connectivity index (χ0n) is 5.39. The van der Waals surface area contributed by atoms with Crippen LogP contribution in [0.1, 0.15) is 5.82 Å². The maximum atomic E-state index is 11.7. The molecule has 11 heavy (non-hydrogen) atoms. The van der Waals surface area contributed by atoms with E-state index < -0.39 is 12.6 Å².